The summed E-state index contributed by atoms with van der Waals surface area (Å²) in [5.41, 5.74) is 2.42. The third kappa shape index (κ3) is 2.74. The predicted molar refractivity (Wildman–Crippen MR) is 74.3 cm³/mol. The molecular formula is C15H22N2O2. The van der Waals surface area contributed by atoms with Gasteiger partial charge in [-0.25, -0.2) is 0 Å². The highest BCUT2D eigenvalue weighted by Gasteiger charge is 2.32. The van der Waals surface area contributed by atoms with E-state index in [0.717, 1.165) is 44.4 Å². The Balaban J connectivity index is 1.63. The van der Waals surface area contributed by atoms with Crippen molar-refractivity contribution in [2.24, 2.45) is 0 Å². The summed E-state index contributed by atoms with van der Waals surface area (Å²) in [4.78, 5) is 14.3. The van der Waals surface area contributed by atoms with E-state index >= 15 is 0 Å². The lowest BCUT2D eigenvalue weighted by molar-refractivity contribution is -0.0129. The van der Waals surface area contributed by atoms with E-state index in [0.29, 0.717) is 18.2 Å². The monoisotopic (exact) mass is 262 g/mol. The van der Waals surface area contributed by atoms with Crippen LogP contribution in [0.3, 0.4) is 0 Å². The van der Waals surface area contributed by atoms with Crippen LogP contribution >= 0.6 is 0 Å². The van der Waals surface area contributed by atoms with E-state index in [9.17, 15) is 4.79 Å². The van der Waals surface area contributed by atoms with Crippen molar-refractivity contribution in [2.45, 2.75) is 57.2 Å². The summed E-state index contributed by atoms with van der Waals surface area (Å²) in [6.07, 6.45) is 5.98. The SMILES string of the molecule is CCOC1CC(NC2CCCc3[nH]c(=O)ccc32)C1. The highest BCUT2D eigenvalue weighted by Crippen LogP contribution is 2.31. The number of rotatable bonds is 4. The number of H-pyrrole nitrogens is 1. The van der Waals surface area contributed by atoms with Gasteiger partial charge in [-0.15, -0.1) is 0 Å². The Hall–Kier alpha value is -1.13. The zero-order chi connectivity index (χ0) is 13.2. The quantitative estimate of drug-likeness (QED) is 0.871. The van der Waals surface area contributed by atoms with E-state index in [2.05, 4.69) is 17.2 Å². The van der Waals surface area contributed by atoms with Crippen molar-refractivity contribution in [3.63, 3.8) is 0 Å². The van der Waals surface area contributed by atoms with Gasteiger partial charge in [0.15, 0.2) is 0 Å². The molecule has 3 rings (SSSR count). The maximum Gasteiger partial charge on any atom is 0.248 e. The normalized spacial score (nSPS) is 29.6. The summed E-state index contributed by atoms with van der Waals surface area (Å²) in [7, 11) is 0. The van der Waals surface area contributed by atoms with E-state index < -0.39 is 0 Å². The van der Waals surface area contributed by atoms with Crippen LogP contribution in [0, 0.1) is 0 Å². The van der Waals surface area contributed by atoms with Gasteiger partial charge in [-0.05, 0) is 44.6 Å². The first kappa shape index (κ1) is 12.9. The molecule has 1 atom stereocenters. The number of aromatic nitrogens is 1. The van der Waals surface area contributed by atoms with Gasteiger partial charge in [0.25, 0.3) is 0 Å². The minimum Gasteiger partial charge on any atom is -0.378 e. The fourth-order valence-electron chi connectivity index (χ4n) is 3.23. The first-order chi connectivity index (χ1) is 9.26. The van der Waals surface area contributed by atoms with Gasteiger partial charge in [0.05, 0.1) is 6.10 Å². The maximum absolute atomic E-state index is 11.4. The number of ether oxygens (including phenoxy) is 1. The Morgan fingerprint density at radius 2 is 2.26 bits per heavy atom. The standard InChI is InChI=1S/C15H22N2O2/c1-2-19-11-8-10(9-11)16-13-4-3-5-14-12(13)6-7-15(18)17-14/h6-7,10-11,13,16H,2-5,8-9H2,1H3,(H,17,18). The van der Waals surface area contributed by atoms with Gasteiger partial charge < -0.3 is 15.0 Å². The molecule has 1 saturated carbocycles. The number of aryl methyl sites for hydroxylation is 1. The minimum absolute atomic E-state index is 0.0134. The lowest BCUT2D eigenvalue weighted by Crippen LogP contribution is -2.47. The van der Waals surface area contributed by atoms with Crippen LogP contribution in [0.25, 0.3) is 0 Å². The summed E-state index contributed by atoms with van der Waals surface area (Å²) in [6.45, 7) is 2.86. The number of fused-ring (bicyclic) bond motifs is 1. The van der Waals surface area contributed by atoms with Crippen LogP contribution in [0.15, 0.2) is 16.9 Å². The first-order valence-electron chi connectivity index (χ1n) is 7.36. The molecule has 0 bridgehead atoms. The second-order valence-corrected chi connectivity index (χ2v) is 5.61. The summed E-state index contributed by atoms with van der Waals surface area (Å²) in [6, 6.07) is 4.60. The van der Waals surface area contributed by atoms with Gasteiger partial charge >= 0.3 is 0 Å². The van der Waals surface area contributed by atoms with E-state index in [1.165, 1.54) is 5.56 Å². The second-order valence-electron chi connectivity index (χ2n) is 5.61. The van der Waals surface area contributed by atoms with Crippen LogP contribution in [0.1, 0.15) is 49.9 Å². The van der Waals surface area contributed by atoms with Crippen LogP contribution in [-0.4, -0.2) is 23.7 Å². The van der Waals surface area contributed by atoms with E-state index in [1.807, 2.05) is 6.07 Å². The summed E-state index contributed by atoms with van der Waals surface area (Å²) >= 11 is 0. The van der Waals surface area contributed by atoms with Crippen LogP contribution < -0.4 is 10.9 Å². The topological polar surface area (TPSA) is 54.1 Å². The van der Waals surface area contributed by atoms with E-state index in [1.54, 1.807) is 6.07 Å². The maximum atomic E-state index is 11.4. The predicted octanol–water partition coefficient (Wildman–Crippen LogP) is 1.91. The van der Waals surface area contributed by atoms with Gasteiger partial charge in [-0.1, -0.05) is 6.07 Å². The summed E-state index contributed by atoms with van der Waals surface area (Å²) in [5, 5.41) is 3.72. The average molecular weight is 262 g/mol. The molecular weight excluding hydrogens is 240 g/mol. The third-order valence-corrected chi connectivity index (χ3v) is 4.27. The molecule has 1 aromatic heterocycles. The molecule has 0 amide bonds. The molecule has 4 nitrogen and oxygen atoms in total. The molecule has 19 heavy (non-hydrogen) atoms. The van der Waals surface area contributed by atoms with Crippen LogP contribution in [0.2, 0.25) is 0 Å². The number of aromatic amines is 1. The van der Waals surface area contributed by atoms with E-state index in [4.69, 9.17) is 4.74 Å². The number of nitrogens with one attached hydrogen (secondary N) is 2. The van der Waals surface area contributed by atoms with Crippen molar-refractivity contribution in [2.75, 3.05) is 6.61 Å². The molecule has 1 fully saturated rings. The smallest absolute Gasteiger partial charge is 0.248 e. The summed E-state index contributed by atoms with van der Waals surface area (Å²) < 4.78 is 5.59. The average Bonchev–Trinajstić information content (AvgIpc) is 2.36. The van der Waals surface area contributed by atoms with Crippen molar-refractivity contribution < 1.29 is 4.74 Å². The first-order valence-corrected chi connectivity index (χ1v) is 7.36. The molecule has 0 saturated heterocycles. The molecule has 2 aliphatic carbocycles. The van der Waals surface area contributed by atoms with Gasteiger partial charge in [0.2, 0.25) is 5.56 Å². The van der Waals surface area contributed by atoms with E-state index in [-0.39, 0.29) is 5.56 Å². The molecule has 0 aromatic carbocycles. The van der Waals surface area contributed by atoms with Crippen LogP contribution in [0.4, 0.5) is 0 Å². The van der Waals surface area contributed by atoms with Gasteiger partial charge in [-0.2, -0.15) is 0 Å². The molecule has 1 unspecified atom stereocenters. The molecule has 0 aliphatic heterocycles. The van der Waals surface area contributed by atoms with Gasteiger partial charge in [-0.3, -0.25) is 4.79 Å². The Bertz CT molecular complexity index is 491. The highest BCUT2D eigenvalue weighted by molar-refractivity contribution is 5.26. The zero-order valence-electron chi connectivity index (χ0n) is 11.4. The zero-order valence-corrected chi connectivity index (χ0v) is 11.4. The molecule has 4 heteroatoms. The van der Waals surface area contributed by atoms with Crippen LogP contribution in [-0.2, 0) is 11.2 Å². The molecule has 0 spiro atoms. The number of hydrogen-bond acceptors (Lipinski definition) is 3. The van der Waals surface area contributed by atoms with Crippen molar-refractivity contribution in [1.82, 2.24) is 10.3 Å². The largest absolute Gasteiger partial charge is 0.378 e. The molecule has 0 radical (unpaired) electrons. The molecule has 2 N–H and O–H groups in total. The second kappa shape index (κ2) is 5.47. The lowest BCUT2D eigenvalue weighted by Gasteiger charge is -2.39. The number of pyridine rings is 1. The summed E-state index contributed by atoms with van der Waals surface area (Å²) in [5.74, 6) is 0. The lowest BCUT2D eigenvalue weighted by atomic mass is 9.85. The van der Waals surface area contributed by atoms with Crippen molar-refractivity contribution in [1.29, 1.82) is 0 Å². The Kier molecular flexibility index (Phi) is 3.71. The van der Waals surface area contributed by atoms with Crippen molar-refractivity contribution in [3.8, 4) is 0 Å². The fraction of sp³-hybridized carbons (Fsp3) is 0.667. The van der Waals surface area contributed by atoms with Gasteiger partial charge in [0.1, 0.15) is 0 Å². The van der Waals surface area contributed by atoms with Crippen LogP contribution in [0.5, 0.6) is 0 Å². The molecule has 2 aliphatic rings. The number of hydrogen-bond donors (Lipinski definition) is 2. The van der Waals surface area contributed by atoms with Gasteiger partial charge in [0, 0.05) is 30.5 Å². The Morgan fingerprint density at radius 1 is 1.42 bits per heavy atom. The molecule has 1 aromatic rings. The Labute approximate surface area is 113 Å². The third-order valence-electron chi connectivity index (χ3n) is 4.27. The minimum atomic E-state index is 0.0134. The Morgan fingerprint density at radius 3 is 3.05 bits per heavy atom. The molecule has 1 heterocycles. The van der Waals surface area contributed by atoms with Crippen molar-refractivity contribution >= 4 is 0 Å². The fourth-order valence-corrected chi connectivity index (χ4v) is 3.23. The molecule has 104 valence electrons. The van der Waals surface area contributed by atoms with Crippen molar-refractivity contribution in [3.05, 3.63) is 33.7 Å². The highest BCUT2D eigenvalue weighted by atomic mass is 16.5.